The van der Waals surface area contributed by atoms with Crippen LogP contribution in [0.25, 0.3) is 10.9 Å². The minimum absolute atomic E-state index is 0.00583. The van der Waals surface area contributed by atoms with E-state index in [1.54, 1.807) is 6.07 Å². The number of carbonyl (C=O) groups is 1. The minimum atomic E-state index is -0.819. The Hall–Kier alpha value is -3.10. The van der Waals surface area contributed by atoms with E-state index in [-0.39, 0.29) is 11.9 Å². The summed E-state index contributed by atoms with van der Waals surface area (Å²) >= 11 is 0. The Balaban J connectivity index is 1.27. The van der Waals surface area contributed by atoms with E-state index in [1.165, 1.54) is 12.1 Å². The summed E-state index contributed by atoms with van der Waals surface area (Å²) in [6.45, 7) is 4.57. The van der Waals surface area contributed by atoms with E-state index >= 15 is 0 Å². The van der Waals surface area contributed by atoms with Crippen LogP contribution in [0, 0.1) is 11.6 Å². The molecule has 0 bridgehead atoms. The molecule has 34 heavy (non-hydrogen) atoms. The van der Waals surface area contributed by atoms with Gasteiger partial charge in [-0.25, -0.2) is 13.8 Å². The summed E-state index contributed by atoms with van der Waals surface area (Å²) in [7, 11) is 0. The third-order valence-electron chi connectivity index (χ3n) is 6.57. The summed E-state index contributed by atoms with van der Waals surface area (Å²) in [6.07, 6.45) is 1.79. The van der Waals surface area contributed by atoms with Crippen molar-refractivity contribution in [3.8, 4) is 0 Å². The number of fused-ring (bicyclic) bond motifs is 1. The van der Waals surface area contributed by atoms with Crippen LogP contribution < -0.4 is 5.32 Å². The highest BCUT2D eigenvalue weighted by Crippen LogP contribution is 2.25. The summed E-state index contributed by atoms with van der Waals surface area (Å²) in [5.74, 6) is -0.916. The second-order valence-electron chi connectivity index (χ2n) is 8.92. The van der Waals surface area contributed by atoms with Gasteiger partial charge in [0.15, 0.2) is 11.6 Å². The zero-order chi connectivity index (χ0) is 23.5. The standard InChI is InChI=1S/C26H28F2N4O2/c27-22-6-5-18(15-23(22)28)17-31-9-7-19(8-10-31)29-25-16-21(20-3-1-2-4-24(20)30-25)26(33)32-11-13-34-14-12-32/h1-6,15-16,19H,7-14,17H2,(H,29,30). The number of likely N-dealkylation sites (tertiary alicyclic amines) is 1. The molecule has 0 atom stereocenters. The first-order chi connectivity index (χ1) is 16.6. The molecule has 1 N–H and O–H groups in total. The maximum absolute atomic E-state index is 13.5. The van der Waals surface area contributed by atoms with E-state index in [9.17, 15) is 13.6 Å². The Morgan fingerprint density at radius 2 is 1.76 bits per heavy atom. The molecule has 5 rings (SSSR count). The maximum atomic E-state index is 13.5. The number of amides is 1. The van der Waals surface area contributed by atoms with E-state index in [2.05, 4.69) is 10.2 Å². The van der Waals surface area contributed by atoms with Crippen LogP contribution in [0.2, 0.25) is 0 Å². The first-order valence-electron chi connectivity index (χ1n) is 11.8. The molecule has 0 aliphatic carbocycles. The maximum Gasteiger partial charge on any atom is 0.254 e. The normalized spacial score (nSPS) is 17.8. The molecule has 2 fully saturated rings. The number of carbonyl (C=O) groups excluding carboxylic acids is 1. The van der Waals surface area contributed by atoms with Gasteiger partial charge in [-0.05, 0) is 42.7 Å². The molecule has 2 aliphatic rings. The SMILES string of the molecule is O=C(c1cc(NC2CCN(Cc3ccc(F)c(F)c3)CC2)nc2ccccc12)N1CCOCC1. The Bertz CT molecular complexity index is 1170. The molecular formula is C26H28F2N4O2. The number of halogens is 2. The monoisotopic (exact) mass is 466 g/mol. The average Bonchev–Trinajstić information content (AvgIpc) is 2.87. The summed E-state index contributed by atoms with van der Waals surface area (Å²) < 4.78 is 32.1. The molecule has 2 aliphatic heterocycles. The molecule has 2 saturated heterocycles. The Labute approximate surface area is 197 Å². The van der Waals surface area contributed by atoms with Gasteiger partial charge in [0.25, 0.3) is 5.91 Å². The fourth-order valence-corrected chi connectivity index (χ4v) is 4.70. The summed E-state index contributed by atoms with van der Waals surface area (Å²) in [5.41, 5.74) is 2.22. The van der Waals surface area contributed by atoms with Crippen LogP contribution in [0.4, 0.5) is 14.6 Å². The number of piperidine rings is 1. The van der Waals surface area contributed by atoms with E-state index < -0.39 is 11.6 Å². The zero-order valence-electron chi connectivity index (χ0n) is 19.0. The van der Waals surface area contributed by atoms with Crippen molar-refractivity contribution in [1.82, 2.24) is 14.8 Å². The summed E-state index contributed by atoms with van der Waals surface area (Å²) in [6, 6.07) is 13.9. The van der Waals surface area contributed by atoms with Crippen LogP contribution >= 0.6 is 0 Å². The van der Waals surface area contributed by atoms with Crippen LogP contribution in [-0.2, 0) is 11.3 Å². The molecule has 0 spiro atoms. The number of anilines is 1. The third-order valence-corrected chi connectivity index (χ3v) is 6.57. The molecule has 1 aromatic heterocycles. The number of para-hydroxylation sites is 1. The predicted octanol–water partition coefficient (Wildman–Crippen LogP) is 4.06. The molecule has 1 amide bonds. The average molecular weight is 467 g/mol. The van der Waals surface area contributed by atoms with Gasteiger partial charge >= 0.3 is 0 Å². The molecule has 0 saturated carbocycles. The van der Waals surface area contributed by atoms with Gasteiger partial charge in [0.2, 0.25) is 0 Å². The second kappa shape index (κ2) is 10.0. The molecule has 6 nitrogen and oxygen atoms in total. The fraction of sp³-hybridized carbons (Fsp3) is 0.385. The van der Waals surface area contributed by atoms with Gasteiger partial charge in [-0.15, -0.1) is 0 Å². The Morgan fingerprint density at radius 3 is 2.53 bits per heavy atom. The van der Waals surface area contributed by atoms with Crippen molar-refractivity contribution < 1.29 is 18.3 Å². The summed E-state index contributed by atoms with van der Waals surface area (Å²) in [5, 5.41) is 4.38. The molecule has 3 aromatic rings. The first kappa shape index (κ1) is 22.7. The van der Waals surface area contributed by atoms with Crippen molar-refractivity contribution in [3.63, 3.8) is 0 Å². The zero-order valence-corrected chi connectivity index (χ0v) is 19.0. The molecule has 2 aromatic carbocycles. The Morgan fingerprint density at radius 1 is 1.00 bits per heavy atom. The molecule has 178 valence electrons. The topological polar surface area (TPSA) is 57.7 Å². The number of aromatic nitrogens is 1. The molecule has 0 radical (unpaired) electrons. The number of benzene rings is 2. The summed E-state index contributed by atoms with van der Waals surface area (Å²) in [4.78, 5) is 22.1. The lowest BCUT2D eigenvalue weighted by Gasteiger charge is -2.33. The lowest BCUT2D eigenvalue weighted by atomic mass is 10.0. The second-order valence-corrected chi connectivity index (χ2v) is 8.92. The van der Waals surface area contributed by atoms with Crippen LogP contribution in [0.3, 0.4) is 0 Å². The van der Waals surface area contributed by atoms with Crippen LogP contribution in [0.5, 0.6) is 0 Å². The number of pyridine rings is 1. The lowest BCUT2D eigenvalue weighted by Crippen LogP contribution is -2.41. The van der Waals surface area contributed by atoms with E-state index in [0.717, 1.165) is 42.4 Å². The van der Waals surface area contributed by atoms with E-state index in [0.29, 0.717) is 44.2 Å². The number of ether oxygens (including phenoxy) is 1. The van der Waals surface area contributed by atoms with Gasteiger partial charge in [-0.2, -0.15) is 0 Å². The van der Waals surface area contributed by atoms with Gasteiger partial charge in [0.1, 0.15) is 5.82 Å². The number of hydrogen-bond donors (Lipinski definition) is 1. The quantitative estimate of drug-likeness (QED) is 0.615. The number of hydrogen-bond acceptors (Lipinski definition) is 5. The van der Waals surface area contributed by atoms with E-state index in [1.807, 2.05) is 35.2 Å². The van der Waals surface area contributed by atoms with Crippen molar-refractivity contribution in [2.24, 2.45) is 0 Å². The Kier molecular flexibility index (Phi) is 6.69. The highest BCUT2D eigenvalue weighted by molar-refractivity contribution is 6.07. The van der Waals surface area contributed by atoms with Crippen molar-refractivity contribution in [1.29, 1.82) is 0 Å². The highest BCUT2D eigenvalue weighted by atomic mass is 19.2. The molecule has 8 heteroatoms. The number of morpholine rings is 1. The van der Waals surface area contributed by atoms with Gasteiger partial charge in [0, 0.05) is 44.2 Å². The van der Waals surface area contributed by atoms with Gasteiger partial charge < -0.3 is 15.0 Å². The van der Waals surface area contributed by atoms with Crippen LogP contribution in [0.15, 0.2) is 48.5 Å². The number of nitrogens with zero attached hydrogens (tertiary/aromatic N) is 3. The van der Waals surface area contributed by atoms with Crippen molar-refractivity contribution in [3.05, 3.63) is 71.3 Å². The van der Waals surface area contributed by atoms with Gasteiger partial charge in [0.05, 0.1) is 24.3 Å². The lowest BCUT2D eigenvalue weighted by molar-refractivity contribution is 0.0304. The first-order valence-corrected chi connectivity index (χ1v) is 11.8. The minimum Gasteiger partial charge on any atom is -0.378 e. The molecular weight excluding hydrogens is 438 g/mol. The van der Waals surface area contributed by atoms with Crippen molar-refractivity contribution >= 4 is 22.6 Å². The largest absolute Gasteiger partial charge is 0.378 e. The van der Waals surface area contributed by atoms with E-state index in [4.69, 9.17) is 9.72 Å². The molecule has 3 heterocycles. The number of nitrogens with one attached hydrogen (secondary N) is 1. The van der Waals surface area contributed by atoms with Gasteiger partial charge in [-0.1, -0.05) is 24.3 Å². The van der Waals surface area contributed by atoms with Crippen LogP contribution in [-0.4, -0.2) is 66.1 Å². The fourth-order valence-electron chi connectivity index (χ4n) is 4.70. The number of rotatable bonds is 5. The third kappa shape index (κ3) is 5.03. The predicted molar refractivity (Wildman–Crippen MR) is 127 cm³/mol. The highest BCUT2D eigenvalue weighted by Gasteiger charge is 2.24. The van der Waals surface area contributed by atoms with Crippen LogP contribution in [0.1, 0.15) is 28.8 Å². The van der Waals surface area contributed by atoms with Crippen molar-refractivity contribution in [2.45, 2.75) is 25.4 Å². The van der Waals surface area contributed by atoms with Gasteiger partial charge in [-0.3, -0.25) is 9.69 Å². The molecule has 0 unspecified atom stereocenters. The smallest absolute Gasteiger partial charge is 0.254 e. The van der Waals surface area contributed by atoms with Crippen molar-refractivity contribution in [2.75, 3.05) is 44.7 Å².